The van der Waals surface area contributed by atoms with Gasteiger partial charge in [-0.1, -0.05) is 23.7 Å². The van der Waals surface area contributed by atoms with Crippen LogP contribution >= 0.6 is 11.6 Å². The van der Waals surface area contributed by atoms with E-state index in [4.69, 9.17) is 11.6 Å². The van der Waals surface area contributed by atoms with Gasteiger partial charge >= 0.3 is 6.61 Å². The van der Waals surface area contributed by atoms with Gasteiger partial charge in [0.1, 0.15) is 5.75 Å². The van der Waals surface area contributed by atoms with Crippen LogP contribution in [0.2, 0.25) is 5.02 Å². The van der Waals surface area contributed by atoms with Crippen LogP contribution in [-0.4, -0.2) is 43.5 Å². The van der Waals surface area contributed by atoms with Gasteiger partial charge in [0.15, 0.2) is 0 Å². The van der Waals surface area contributed by atoms with E-state index in [0.717, 1.165) is 0 Å². The molecule has 0 unspecified atom stereocenters. The van der Waals surface area contributed by atoms with Crippen molar-refractivity contribution in [3.05, 3.63) is 53.6 Å². The maximum absolute atomic E-state index is 12.1. The van der Waals surface area contributed by atoms with E-state index < -0.39 is 6.61 Å². The van der Waals surface area contributed by atoms with E-state index in [2.05, 4.69) is 15.4 Å². The van der Waals surface area contributed by atoms with Crippen molar-refractivity contribution in [3.63, 3.8) is 0 Å². The molecule has 0 aromatic heterocycles. The van der Waals surface area contributed by atoms with Gasteiger partial charge in [-0.2, -0.15) is 8.78 Å². The fourth-order valence-corrected chi connectivity index (χ4v) is 2.40. The Balaban J connectivity index is 1.79. The van der Waals surface area contributed by atoms with Crippen molar-refractivity contribution in [1.29, 1.82) is 0 Å². The normalized spacial score (nSPS) is 10.7. The Bertz CT molecular complexity index is 788. The molecule has 0 aliphatic heterocycles. The molecule has 2 aromatic carbocycles. The van der Waals surface area contributed by atoms with Gasteiger partial charge < -0.3 is 15.4 Å². The Hall–Kier alpha value is -2.71. The number of alkyl halides is 2. The number of rotatable bonds is 8. The molecule has 2 N–H and O–H groups in total. The lowest BCUT2D eigenvalue weighted by atomic mass is 10.3. The Morgan fingerprint density at radius 2 is 1.63 bits per heavy atom. The van der Waals surface area contributed by atoms with Crippen molar-refractivity contribution < 1.29 is 23.1 Å². The molecule has 0 aliphatic carbocycles. The van der Waals surface area contributed by atoms with Crippen molar-refractivity contribution in [1.82, 2.24) is 4.90 Å². The third kappa shape index (κ3) is 7.20. The Morgan fingerprint density at radius 3 is 2.22 bits per heavy atom. The van der Waals surface area contributed by atoms with Crippen LogP contribution in [0.4, 0.5) is 20.2 Å². The number of para-hydroxylation sites is 1. The zero-order chi connectivity index (χ0) is 19.8. The van der Waals surface area contributed by atoms with Gasteiger partial charge in [0.05, 0.1) is 23.8 Å². The largest absolute Gasteiger partial charge is 0.435 e. The number of nitrogens with one attached hydrogen (secondary N) is 2. The monoisotopic (exact) mass is 397 g/mol. The fourth-order valence-electron chi connectivity index (χ4n) is 2.22. The summed E-state index contributed by atoms with van der Waals surface area (Å²) in [5.74, 6) is -0.672. The summed E-state index contributed by atoms with van der Waals surface area (Å²) < 4.78 is 28.4. The Kier molecular flexibility index (Phi) is 7.51. The maximum Gasteiger partial charge on any atom is 0.387 e. The summed E-state index contributed by atoms with van der Waals surface area (Å²) in [6.07, 6.45) is 0. The quantitative estimate of drug-likeness (QED) is 0.715. The molecule has 0 spiro atoms. The van der Waals surface area contributed by atoms with Gasteiger partial charge in [-0.15, -0.1) is 0 Å². The third-order valence-electron chi connectivity index (χ3n) is 3.34. The van der Waals surface area contributed by atoms with E-state index in [-0.39, 0.29) is 30.7 Å². The van der Waals surface area contributed by atoms with Crippen molar-refractivity contribution in [2.75, 3.05) is 30.8 Å². The Labute approximate surface area is 160 Å². The van der Waals surface area contributed by atoms with Crippen molar-refractivity contribution in [3.8, 4) is 5.75 Å². The highest BCUT2D eigenvalue weighted by Crippen LogP contribution is 2.20. The standard InChI is InChI=1S/C18H18ClF2N3O3/c1-24(11-17(26)23-15-5-3-2-4-14(15)19)10-16(25)22-12-6-8-13(9-7-12)27-18(20)21/h2-9,18H,10-11H2,1H3,(H,22,25)(H,23,26). The second kappa shape index (κ2) is 9.84. The molecule has 0 fully saturated rings. The zero-order valence-electron chi connectivity index (χ0n) is 14.4. The number of hydrogen-bond acceptors (Lipinski definition) is 4. The number of carbonyl (C=O) groups is 2. The molecule has 0 bridgehead atoms. The first-order valence-corrected chi connectivity index (χ1v) is 8.29. The van der Waals surface area contributed by atoms with Gasteiger partial charge in [0, 0.05) is 5.69 Å². The van der Waals surface area contributed by atoms with E-state index in [1.807, 2.05) is 0 Å². The average Bonchev–Trinajstić information content (AvgIpc) is 2.58. The molecule has 0 heterocycles. The summed E-state index contributed by atoms with van der Waals surface area (Å²) in [5, 5.41) is 5.70. The highest BCUT2D eigenvalue weighted by molar-refractivity contribution is 6.33. The molecule has 9 heteroatoms. The summed E-state index contributed by atoms with van der Waals surface area (Å²) >= 11 is 5.98. The topological polar surface area (TPSA) is 70.7 Å². The van der Waals surface area contributed by atoms with Crippen LogP contribution in [0.3, 0.4) is 0 Å². The van der Waals surface area contributed by atoms with Crippen molar-refractivity contribution in [2.45, 2.75) is 6.61 Å². The summed E-state index contributed by atoms with van der Waals surface area (Å²) in [7, 11) is 1.62. The van der Waals surface area contributed by atoms with E-state index >= 15 is 0 Å². The van der Waals surface area contributed by atoms with Crippen LogP contribution in [0, 0.1) is 0 Å². The molecular weight excluding hydrogens is 380 g/mol. The third-order valence-corrected chi connectivity index (χ3v) is 3.67. The molecule has 27 heavy (non-hydrogen) atoms. The smallest absolute Gasteiger partial charge is 0.387 e. The second-order valence-electron chi connectivity index (χ2n) is 5.65. The minimum atomic E-state index is -2.91. The maximum atomic E-state index is 12.1. The lowest BCUT2D eigenvalue weighted by Gasteiger charge is -2.16. The zero-order valence-corrected chi connectivity index (χ0v) is 15.2. The number of anilines is 2. The molecular formula is C18H18ClF2N3O3. The number of nitrogens with zero attached hydrogens (tertiary/aromatic N) is 1. The van der Waals surface area contributed by atoms with Crippen LogP contribution in [-0.2, 0) is 9.59 Å². The number of benzene rings is 2. The molecule has 2 amide bonds. The minimum Gasteiger partial charge on any atom is -0.435 e. The van der Waals surface area contributed by atoms with Crippen molar-refractivity contribution in [2.24, 2.45) is 0 Å². The highest BCUT2D eigenvalue weighted by atomic mass is 35.5. The minimum absolute atomic E-state index is 0.00337. The predicted octanol–water partition coefficient (Wildman–Crippen LogP) is 3.45. The highest BCUT2D eigenvalue weighted by Gasteiger charge is 2.12. The summed E-state index contributed by atoms with van der Waals surface area (Å²) in [4.78, 5) is 25.6. The molecule has 0 saturated heterocycles. The predicted molar refractivity (Wildman–Crippen MR) is 99.3 cm³/mol. The van der Waals surface area contributed by atoms with Gasteiger partial charge in [0.2, 0.25) is 11.8 Å². The number of hydrogen-bond donors (Lipinski definition) is 2. The molecule has 0 atom stereocenters. The van der Waals surface area contributed by atoms with E-state index in [1.165, 1.54) is 29.2 Å². The van der Waals surface area contributed by atoms with Gasteiger partial charge in [-0.3, -0.25) is 14.5 Å². The second-order valence-corrected chi connectivity index (χ2v) is 6.06. The molecule has 0 radical (unpaired) electrons. The van der Waals surface area contributed by atoms with Crippen LogP contribution in [0.5, 0.6) is 5.75 Å². The van der Waals surface area contributed by atoms with Crippen LogP contribution in [0.1, 0.15) is 0 Å². The Morgan fingerprint density at radius 1 is 1.04 bits per heavy atom. The molecule has 2 rings (SSSR count). The lowest BCUT2D eigenvalue weighted by molar-refractivity contribution is -0.119. The summed E-state index contributed by atoms with van der Waals surface area (Å²) in [6, 6.07) is 12.4. The van der Waals surface area contributed by atoms with Gasteiger partial charge in [-0.25, -0.2) is 0 Å². The van der Waals surface area contributed by atoms with Crippen LogP contribution < -0.4 is 15.4 Å². The molecule has 2 aromatic rings. The van der Waals surface area contributed by atoms with Crippen LogP contribution in [0.15, 0.2) is 48.5 Å². The SMILES string of the molecule is CN(CC(=O)Nc1ccc(OC(F)F)cc1)CC(=O)Nc1ccccc1Cl. The molecule has 144 valence electrons. The number of likely N-dealkylation sites (N-methyl/N-ethyl adjacent to an activating group) is 1. The fraction of sp³-hybridized carbons (Fsp3) is 0.222. The van der Waals surface area contributed by atoms with E-state index in [9.17, 15) is 18.4 Å². The van der Waals surface area contributed by atoms with E-state index in [1.54, 1.807) is 31.3 Å². The molecule has 6 nitrogen and oxygen atoms in total. The summed E-state index contributed by atoms with van der Waals surface area (Å²) in [5.41, 5.74) is 0.920. The number of amides is 2. The van der Waals surface area contributed by atoms with Crippen molar-refractivity contribution >= 4 is 34.8 Å². The molecule has 0 saturated carbocycles. The summed E-state index contributed by atoms with van der Waals surface area (Å²) in [6.45, 7) is -2.96. The lowest BCUT2D eigenvalue weighted by Crippen LogP contribution is -2.36. The first-order valence-electron chi connectivity index (χ1n) is 7.91. The van der Waals surface area contributed by atoms with Gasteiger partial charge in [0.25, 0.3) is 0 Å². The van der Waals surface area contributed by atoms with E-state index in [0.29, 0.717) is 16.4 Å². The van der Waals surface area contributed by atoms with Crippen LogP contribution in [0.25, 0.3) is 0 Å². The first kappa shape index (κ1) is 20.6. The number of halogens is 3. The average molecular weight is 398 g/mol. The molecule has 0 aliphatic rings. The van der Waals surface area contributed by atoms with Gasteiger partial charge in [-0.05, 0) is 43.4 Å². The first-order chi connectivity index (χ1) is 12.8. The number of carbonyl (C=O) groups excluding carboxylic acids is 2. The number of ether oxygens (including phenoxy) is 1.